The number of benzene rings is 3. The van der Waals surface area contributed by atoms with Crippen LogP contribution in [0.5, 0.6) is 5.75 Å². The topological polar surface area (TPSA) is 58.6 Å². The zero-order chi connectivity index (χ0) is 25.2. The van der Waals surface area contributed by atoms with Crippen LogP contribution in [0.3, 0.4) is 0 Å². The highest BCUT2D eigenvalue weighted by atomic mass is 35.5. The molecule has 0 bridgehead atoms. The van der Waals surface area contributed by atoms with E-state index in [0.717, 1.165) is 23.1 Å². The van der Waals surface area contributed by atoms with Crippen LogP contribution >= 0.6 is 11.6 Å². The number of carbonyl (C=O) groups excluding carboxylic acids is 2. The SMILES string of the molecule is CCC(C)NC(=O)C(Cc1ccccc1)N(Cc1ccccc1Cl)C(=O)COc1ccccc1C. The van der Waals surface area contributed by atoms with Crippen LogP contribution in [0, 0.1) is 6.92 Å². The van der Waals surface area contributed by atoms with E-state index in [9.17, 15) is 9.59 Å². The first-order chi connectivity index (χ1) is 16.9. The van der Waals surface area contributed by atoms with Crippen molar-refractivity contribution in [3.8, 4) is 5.75 Å². The van der Waals surface area contributed by atoms with Crippen LogP contribution in [0.4, 0.5) is 0 Å². The highest BCUT2D eigenvalue weighted by molar-refractivity contribution is 6.31. The molecule has 0 saturated carbocycles. The Kier molecular flexibility index (Phi) is 9.74. The number of hydrogen-bond donors (Lipinski definition) is 1. The van der Waals surface area contributed by atoms with Gasteiger partial charge in [-0.05, 0) is 49.1 Å². The van der Waals surface area contributed by atoms with E-state index in [1.807, 2.05) is 93.6 Å². The predicted molar refractivity (Wildman–Crippen MR) is 141 cm³/mol. The van der Waals surface area contributed by atoms with E-state index in [2.05, 4.69) is 5.32 Å². The molecule has 0 aliphatic carbocycles. The zero-order valence-electron chi connectivity index (χ0n) is 20.5. The van der Waals surface area contributed by atoms with Crippen molar-refractivity contribution in [3.63, 3.8) is 0 Å². The number of carbonyl (C=O) groups is 2. The summed E-state index contributed by atoms with van der Waals surface area (Å²) in [4.78, 5) is 28.7. The number of nitrogens with zero attached hydrogens (tertiary/aromatic N) is 1. The third-order valence-corrected chi connectivity index (χ3v) is 6.38. The van der Waals surface area contributed by atoms with Gasteiger partial charge < -0.3 is 15.0 Å². The molecule has 0 heterocycles. The molecule has 3 rings (SSSR count). The average molecular weight is 493 g/mol. The average Bonchev–Trinajstić information content (AvgIpc) is 2.87. The minimum absolute atomic E-state index is 0.0127. The first kappa shape index (κ1) is 26.3. The van der Waals surface area contributed by atoms with Crippen LogP contribution in [0.2, 0.25) is 5.02 Å². The van der Waals surface area contributed by atoms with Crippen molar-refractivity contribution in [1.29, 1.82) is 0 Å². The smallest absolute Gasteiger partial charge is 0.261 e. The number of hydrogen-bond acceptors (Lipinski definition) is 3. The molecule has 6 heteroatoms. The van der Waals surface area contributed by atoms with E-state index in [4.69, 9.17) is 16.3 Å². The van der Waals surface area contributed by atoms with Gasteiger partial charge in [0.15, 0.2) is 6.61 Å². The molecule has 5 nitrogen and oxygen atoms in total. The standard InChI is InChI=1S/C29H33ClN2O3/c1-4-22(3)31-29(34)26(18-23-13-6-5-7-14-23)32(19-24-15-9-10-16-25(24)30)28(33)20-35-27-17-11-8-12-21(27)2/h5-17,22,26H,4,18-20H2,1-3H3,(H,31,34). The van der Waals surface area contributed by atoms with E-state index >= 15 is 0 Å². The van der Waals surface area contributed by atoms with Gasteiger partial charge in [-0.2, -0.15) is 0 Å². The Hall–Kier alpha value is -3.31. The lowest BCUT2D eigenvalue weighted by molar-refractivity contribution is -0.143. The summed E-state index contributed by atoms with van der Waals surface area (Å²) in [5.74, 6) is 0.162. The van der Waals surface area contributed by atoms with Gasteiger partial charge in [0, 0.05) is 24.0 Å². The maximum Gasteiger partial charge on any atom is 0.261 e. The van der Waals surface area contributed by atoms with Gasteiger partial charge in [0.25, 0.3) is 5.91 Å². The fraction of sp³-hybridized carbons (Fsp3) is 0.310. The minimum Gasteiger partial charge on any atom is -0.484 e. The molecule has 0 radical (unpaired) electrons. The number of rotatable bonds is 11. The Bertz CT molecular complexity index is 1120. The Labute approximate surface area is 213 Å². The van der Waals surface area contributed by atoms with Gasteiger partial charge in [-0.25, -0.2) is 0 Å². The first-order valence-electron chi connectivity index (χ1n) is 11.9. The zero-order valence-corrected chi connectivity index (χ0v) is 21.3. The van der Waals surface area contributed by atoms with Crippen molar-refractivity contribution in [3.05, 3.63) is 101 Å². The van der Waals surface area contributed by atoms with Crippen LogP contribution in [-0.4, -0.2) is 35.4 Å². The summed E-state index contributed by atoms with van der Waals surface area (Å²) in [5, 5.41) is 3.61. The molecule has 184 valence electrons. The Morgan fingerprint density at radius 1 is 0.971 bits per heavy atom. The lowest BCUT2D eigenvalue weighted by Crippen LogP contribution is -2.53. The quantitative estimate of drug-likeness (QED) is 0.380. The first-order valence-corrected chi connectivity index (χ1v) is 12.3. The lowest BCUT2D eigenvalue weighted by Gasteiger charge is -2.32. The lowest BCUT2D eigenvalue weighted by atomic mass is 10.0. The Morgan fingerprint density at radius 3 is 2.31 bits per heavy atom. The van der Waals surface area contributed by atoms with Crippen molar-refractivity contribution in [2.24, 2.45) is 0 Å². The normalized spacial score (nSPS) is 12.5. The second-order valence-electron chi connectivity index (χ2n) is 8.69. The molecule has 2 amide bonds. The highest BCUT2D eigenvalue weighted by Gasteiger charge is 2.31. The maximum atomic E-state index is 13.6. The largest absolute Gasteiger partial charge is 0.484 e. The Morgan fingerprint density at radius 2 is 1.63 bits per heavy atom. The van der Waals surface area contributed by atoms with Gasteiger partial charge in [0.1, 0.15) is 11.8 Å². The number of halogens is 1. The van der Waals surface area contributed by atoms with Gasteiger partial charge in [0.2, 0.25) is 5.91 Å². The van der Waals surface area contributed by atoms with Crippen molar-refractivity contribution in [2.45, 2.75) is 52.2 Å². The van der Waals surface area contributed by atoms with E-state index in [1.54, 1.807) is 11.0 Å². The summed E-state index contributed by atoms with van der Waals surface area (Å²) in [6, 6.07) is 23.9. The molecule has 0 aliphatic heterocycles. The fourth-order valence-corrected chi connectivity index (χ4v) is 3.94. The molecule has 35 heavy (non-hydrogen) atoms. The number of nitrogens with one attached hydrogen (secondary N) is 1. The molecule has 0 fully saturated rings. The highest BCUT2D eigenvalue weighted by Crippen LogP contribution is 2.22. The van der Waals surface area contributed by atoms with Gasteiger partial charge >= 0.3 is 0 Å². The molecular weight excluding hydrogens is 460 g/mol. The van der Waals surface area contributed by atoms with Crippen LogP contribution in [0.15, 0.2) is 78.9 Å². The van der Waals surface area contributed by atoms with Gasteiger partial charge in [0.05, 0.1) is 0 Å². The molecule has 0 saturated heterocycles. The number of ether oxygens (including phenoxy) is 1. The predicted octanol–water partition coefficient (Wildman–Crippen LogP) is 5.58. The van der Waals surface area contributed by atoms with Crippen molar-refractivity contribution < 1.29 is 14.3 Å². The van der Waals surface area contributed by atoms with E-state index in [0.29, 0.717) is 17.2 Å². The molecule has 3 aromatic rings. The number of aryl methyl sites for hydroxylation is 1. The van der Waals surface area contributed by atoms with Crippen molar-refractivity contribution in [2.75, 3.05) is 6.61 Å². The molecule has 0 aromatic heterocycles. The fourth-order valence-electron chi connectivity index (χ4n) is 3.75. The third-order valence-electron chi connectivity index (χ3n) is 6.02. The van der Waals surface area contributed by atoms with Crippen molar-refractivity contribution in [1.82, 2.24) is 10.2 Å². The summed E-state index contributed by atoms with van der Waals surface area (Å²) >= 11 is 6.45. The summed E-state index contributed by atoms with van der Waals surface area (Å²) in [7, 11) is 0. The number of amides is 2. The van der Waals surface area contributed by atoms with Crippen LogP contribution < -0.4 is 10.1 Å². The van der Waals surface area contributed by atoms with Crippen molar-refractivity contribution >= 4 is 23.4 Å². The van der Waals surface area contributed by atoms with Gasteiger partial charge in [-0.15, -0.1) is 0 Å². The van der Waals surface area contributed by atoms with Gasteiger partial charge in [-0.1, -0.05) is 85.3 Å². The molecule has 0 spiro atoms. The second-order valence-corrected chi connectivity index (χ2v) is 9.10. The van der Waals surface area contributed by atoms with Crippen LogP contribution in [-0.2, 0) is 22.6 Å². The summed E-state index contributed by atoms with van der Waals surface area (Å²) in [6.07, 6.45) is 1.17. The van der Waals surface area contributed by atoms with Gasteiger partial charge in [-0.3, -0.25) is 9.59 Å². The molecule has 3 aromatic carbocycles. The summed E-state index contributed by atoms with van der Waals surface area (Å²) in [5.41, 5.74) is 2.68. The molecule has 1 N–H and O–H groups in total. The van der Waals surface area contributed by atoms with E-state index in [1.165, 1.54) is 0 Å². The molecule has 0 aliphatic rings. The van der Waals surface area contributed by atoms with E-state index < -0.39 is 6.04 Å². The molecule has 2 atom stereocenters. The third kappa shape index (κ3) is 7.59. The summed E-state index contributed by atoms with van der Waals surface area (Å²) < 4.78 is 5.87. The summed E-state index contributed by atoms with van der Waals surface area (Å²) in [6.45, 7) is 5.91. The molecular formula is C29H33ClN2O3. The second kappa shape index (κ2) is 13.0. The van der Waals surface area contributed by atoms with E-state index in [-0.39, 0.29) is 31.0 Å². The molecule has 2 unspecified atom stereocenters. The van der Waals surface area contributed by atoms with Crippen LogP contribution in [0.25, 0.3) is 0 Å². The number of para-hydroxylation sites is 1. The Balaban J connectivity index is 1.93. The minimum atomic E-state index is -0.726. The monoisotopic (exact) mass is 492 g/mol. The van der Waals surface area contributed by atoms with Crippen LogP contribution in [0.1, 0.15) is 37.0 Å². The maximum absolute atomic E-state index is 13.6.